The fourth-order valence-electron chi connectivity index (χ4n) is 2.67. The van der Waals surface area contributed by atoms with Crippen molar-refractivity contribution in [3.05, 3.63) is 29.3 Å². The van der Waals surface area contributed by atoms with Crippen molar-refractivity contribution in [3.63, 3.8) is 0 Å². The molecule has 1 fully saturated rings. The highest BCUT2D eigenvalue weighted by atomic mass is 32.1. The Morgan fingerprint density at radius 2 is 1.95 bits per heavy atom. The Hall–Kier alpha value is -1.46. The van der Waals surface area contributed by atoms with Crippen molar-refractivity contribution < 1.29 is 4.79 Å². The van der Waals surface area contributed by atoms with E-state index in [1.807, 2.05) is 24.8 Å². The summed E-state index contributed by atoms with van der Waals surface area (Å²) in [5, 5.41) is 1.17. The molecule has 0 spiro atoms. The lowest BCUT2D eigenvalue weighted by atomic mass is 10.1. The van der Waals surface area contributed by atoms with Crippen LogP contribution in [0.25, 0.3) is 10.2 Å². The third-order valence-electron chi connectivity index (χ3n) is 3.87. The number of para-hydroxylation sites is 1. The minimum atomic E-state index is 0.0980. The second-order valence-electron chi connectivity index (χ2n) is 5.83. The van der Waals surface area contributed by atoms with Crippen molar-refractivity contribution in [3.8, 4) is 0 Å². The number of fused-ring (bicyclic) bond motifs is 1. The molecular weight excluding hydrogens is 282 g/mol. The van der Waals surface area contributed by atoms with Gasteiger partial charge in [0.25, 0.3) is 0 Å². The lowest BCUT2D eigenvalue weighted by Crippen LogP contribution is -2.49. The number of hydrogen-bond donors (Lipinski definition) is 0. The summed E-state index contributed by atoms with van der Waals surface area (Å²) in [7, 11) is 0. The topological polar surface area (TPSA) is 36.4 Å². The van der Waals surface area contributed by atoms with E-state index in [1.54, 1.807) is 11.3 Å². The van der Waals surface area contributed by atoms with E-state index in [4.69, 9.17) is 0 Å². The van der Waals surface area contributed by atoms with Crippen LogP contribution in [0.4, 0.5) is 0 Å². The highest BCUT2D eigenvalue weighted by Crippen LogP contribution is 2.23. The molecule has 0 N–H and O–H groups in total. The number of piperazine rings is 1. The summed E-state index contributed by atoms with van der Waals surface area (Å²) in [6.45, 7) is 8.38. The molecule has 1 aliphatic rings. The summed E-state index contributed by atoms with van der Waals surface area (Å²) in [6, 6.07) is 8.27. The van der Waals surface area contributed by atoms with Crippen LogP contribution in [0, 0.1) is 5.92 Å². The lowest BCUT2D eigenvalue weighted by Gasteiger charge is -2.35. The average Bonchev–Trinajstić information content (AvgIpc) is 2.89. The van der Waals surface area contributed by atoms with Gasteiger partial charge in [0.15, 0.2) is 0 Å². The van der Waals surface area contributed by atoms with Gasteiger partial charge in [-0.15, -0.1) is 11.3 Å². The molecule has 0 atom stereocenters. The number of carbonyl (C=O) groups excluding carboxylic acids is 1. The number of nitrogens with zero attached hydrogens (tertiary/aromatic N) is 3. The number of carbonyl (C=O) groups is 1. The smallest absolute Gasteiger partial charge is 0.225 e. The molecule has 2 heterocycles. The van der Waals surface area contributed by atoms with Gasteiger partial charge in [-0.3, -0.25) is 9.69 Å². The van der Waals surface area contributed by atoms with Gasteiger partial charge in [-0.2, -0.15) is 0 Å². The Morgan fingerprint density at radius 1 is 1.24 bits per heavy atom. The van der Waals surface area contributed by atoms with Gasteiger partial charge in [0, 0.05) is 32.1 Å². The van der Waals surface area contributed by atoms with E-state index in [0.717, 1.165) is 38.2 Å². The predicted molar refractivity (Wildman–Crippen MR) is 86.3 cm³/mol. The highest BCUT2D eigenvalue weighted by molar-refractivity contribution is 7.18. The third-order valence-corrected chi connectivity index (χ3v) is 4.90. The summed E-state index contributed by atoms with van der Waals surface area (Å²) in [5.74, 6) is 0.371. The number of amides is 1. The van der Waals surface area contributed by atoms with E-state index >= 15 is 0 Å². The summed E-state index contributed by atoms with van der Waals surface area (Å²) < 4.78 is 1.25. The molecule has 1 saturated heterocycles. The van der Waals surface area contributed by atoms with Crippen LogP contribution >= 0.6 is 11.3 Å². The van der Waals surface area contributed by atoms with E-state index in [2.05, 4.69) is 28.1 Å². The van der Waals surface area contributed by atoms with E-state index in [0.29, 0.717) is 0 Å². The fourth-order valence-corrected chi connectivity index (χ4v) is 3.68. The highest BCUT2D eigenvalue weighted by Gasteiger charge is 2.23. The summed E-state index contributed by atoms with van der Waals surface area (Å²) in [5.41, 5.74) is 1.09. The first-order valence-electron chi connectivity index (χ1n) is 7.49. The molecule has 4 nitrogen and oxygen atoms in total. The molecule has 1 aliphatic heterocycles. The summed E-state index contributed by atoms with van der Waals surface area (Å²) >= 11 is 1.77. The molecule has 1 aromatic heterocycles. The maximum Gasteiger partial charge on any atom is 0.225 e. The Kier molecular flexibility index (Phi) is 4.22. The van der Waals surface area contributed by atoms with Gasteiger partial charge < -0.3 is 4.90 Å². The van der Waals surface area contributed by atoms with Gasteiger partial charge in [0.1, 0.15) is 5.01 Å². The monoisotopic (exact) mass is 303 g/mol. The van der Waals surface area contributed by atoms with Crippen LogP contribution in [0.15, 0.2) is 24.3 Å². The molecule has 0 bridgehead atoms. The number of thiazole rings is 1. The molecular formula is C16H21N3OS. The van der Waals surface area contributed by atoms with E-state index < -0.39 is 0 Å². The molecule has 112 valence electrons. The molecule has 1 aromatic carbocycles. The largest absolute Gasteiger partial charge is 0.340 e. The third kappa shape index (κ3) is 3.24. The Bertz CT molecular complexity index is 596. The number of benzene rings is 1. The van der Waals surface area contributed by atoms with Crippen molar-refractivity contribution in [2.75, 3.05) is 26.2 Å². The summed E-state index contributed by atoms with van der Waals surface area (Å²) in [4.78, 5) is 21.0. The van der Waals surface area contributed by atoms with Crippen molar-refractivity contribution in [2.24, 2.45) is 5.92 Å². The van der Waals surface area contributed by atoms with Crippen molar-refractivity contribution >= 4 is 27.5 Å². The molecule has 5 heteroatoms. The average molecular weight is 303 g/mol. The van der Waals surface area contributed by atoms with Crippen LogP contribution in [-0.4, -0.2) is 46.9 Å². The number of hydrogen-bond acceptors (Lipinski definition) is 4. The van der Waals surface area contributed by atoms with Gasteiger partial charge in [-0.25, -0.2) is 4.98 Å². The van der Waals surface area contributed by atoms with Gasteiger partial charge in [-0.1, -0.05) is 26.0 Å². The van der Waals surface area contributed by atoms with Crippen LogP contribution in [0.2, 0.25) is 0 Å². The first-order chi connectivity index (χ1) is 10.1. The molecule has 2 aromatic rings. The molecule has 0 unspecified atom stereocenters. The normalized spacial score (nSPS) is 16.8. The second kappa shape index (κ2) is 6.12. The Labute approximate surface area is 129 Å². The minimum Gasteiger partial charge on any atom is -0.340 e. The molecule has 0 radical (unpaired) electrons. The van der Waals surface area contributed by atoms with Crippen molar-refractivity contribution in [2.45, 2.75) is 20.4 Å². The first kappa shape index (κ1) is 14.5. The summed E-state index contributed by atoms with van der Waals surface area (Å²) in [6.07, 6.45) is 0. The molecule has 0 aliphatic carbocycles. The van der Waals surface area contributed by atoms with Gasteiger partial charge in [0.2, 0.25) is 5.91 Å². The number of aromatic nitrogens is 1. The maximum absolute atomic E-state index is 12.0. The van der Waals surface area contributed by atoms with E-state index in [1.165, 1.54) is 9.71 Å². The molecule has 0 saturated carbocycles. The van der Waals surface area contributed by atoms with Crippen LogP contribution in [0.3, 0.4) is 0 Å². The van der Waals surface area contributed by atoms with Crippen LogP contribution in [0.5, 0.6) is 0 Å². The quantitative estimate of drug-likeness (QED) is 0.874. The van der Waals surface area contributed by atoms with Gasteiger partial charge >= 0.3 is 0 Å². The van der Waals surface area contributed by atoms with Crippen molar-refractivity contribution in [1.29, 1.82) is 0 Å². The SMILES string of the molecule is CC(C)C(=O)N1CCN(Cc2nc3ccccc3s2)CC1. The number of rotatable bonds is 3. The van der Waals surface area contributed by atoms with Crippen LogP contribution in [-0.2, 0) is 11.3 Å². The van der Waals surface area contributed by atoms with Gasteiger partial charge in [-0.05, 0) is 12.1 Å². The van der Waals surface area contributed by atoms with E-state index in [9.17, 15) is 4.79 Å². The zero-order chi connectivity index (χ0) is 14.8. The van der Waals surface area contributed by atoms with Crippen molar-refractivity contribution in [1.82, 2.24) is 14.8 Å². The molecule has 1 amide bonds. The maximum atomic E-state index is 12.0. The Balaban J connectivity index is 1.59. The van der Waals surface area contributed by atoms with Gasteiger partial charge in [0.05, 0.1) is 16.8 Å². The Morgan fingerprint density at radius 3 is 2.62 bits per heavy atom. The predicted octanol–water partition coefficient (Wildman–Crippen LogP) is 2.60. The van der Waals surface area contributed by atoms with Crippen LogP contribution < -0.4 is 0 Å². The first-order valence-corrected chi connectivity index (χ1v) is 8.31. The zero-order valence-corrected chi connectivity index (χ0v) is 13.4. The van der Waals surface area contributed by atoms with Crippen LogP contribution in [0.1, 0.15) is 18.9 Å². The second-order valence-corrected chi connectivity index (χ2v) is 6.95. The molecule has 21 heavy (non-hydrogen) atoms. The minimum absolute atomic E-state index is 0.0980. The zero-order valence-electron chi connectivity index (χ0n) is 12.6. The standard InChI is InChI=1S/C16H21N3OS/c1-12(2)16(20)19-9-7-18(8-10-19)11-15-17-13-5-3-4-6-14(13)21-15/h3-6,12H,7-11H2,1-2H3. The van der Waals surface area contributed by atoms with E-state index in [-0.39, 0.29) is 11.8 Å². The molecule has 3 rings (SSSR count). The fraction of sp³-hybridized carbons (Fsp3) is 0.500. The lowest BCUT2D eigenvalue weighted by molar-refractivity contribution is -0.136.